The lowest BCUT2D eigenvalue weighted by atomic mass is 10.0. The zero-order chi connectivity index (χ0) is 29.5. The quantitative estimate of drug-likeness (QED) is 0.210. The van der Waals surface area contributed by atoms with E-state index in [0.29, 0.717) is 0 Å². The molecule has 0 spiro atoms. The summed E-state index contributed by atoms with van der Waals surface area (Å²) < 4.78 is 11.0. The first-order valence-electron chi connectivity index (χ1n) is 15.2. The summed E-state index contributed by atoms with van der Waals surface area (Å²) in [5.41, 5.74) is 9.47. The summed E-state index contributed by atoms with van der Waals surface area (Å²) in [6, 6.07) is 53.5. The number of hydrogen-bond acceptors (Lipinski definition) is 2. The molecule has 3 aromatic heterocycles. The average molecular weight is 576 g/mol. The Morgan fingerprint density at radius 1 is 0.467 bits per heavy atom. The van der Waals surface area contributed by atoms with Gasteiger partial charge in [-0.3, -0.25) is 4.57 Å². The van der Waals surface area contributed by atoms with E-state index >= 15 is 0 Å². The van der Waals surface area contributed by atoms with E-state index in [2.05, 4.69) is 143 Å². The van der Waals surface area contributed by atoms with Crippen LogP contribution in [0.4, 0.5) is 0 Å². The Hall–Kier alpha value is -6.13. The van der Waals surface area contributed by atoms with E-state index < -0.39 is 0 Å². The fourth-order valence-corrected chi connectivity index (χ4v) is 7.11. The zero-order valence-corrected chi connectivity index (χ0v) is 24.2. The topological polar surface area (TPSA) is 35.9 Å². The number of benzene rings is 7. The molecule has 4 heteroatoms. The number of rotatable bonds is 3. The molecule has 0 atom stereocenters. The van der Waals surface area contributed by atoms with Crippen molar-refractivity contribution >= 4 is 65.6 Å². The van der Waals surface area contributed by atoms with Gasteiger partial charge in [-0.1, -0.05) is 91.0 Å². The van der Waals surface area contributed by atoms with Crippen molar-refractivity contribution < 1.29 is 4.42 Å². The Morgan fingerprint density at radius 3 is 2.02 bits per heavy atom. The van der Waals surface area contributed by atoms with Crippen LogP contribution >= 0.6 is 0 Å². The number of nitrogens with zero attached hydrogens (tertiary/aromatic N) is 3. The van der Waals surface area contributed by atoms with E-state index in [4.69, 9.17) is 9.40 Å². The molecule has 0 radical (unpaired) electrons. The van der Waals surface area contributed by atoms with Crippen molar-refractivity contribution in [1.82, 2.24) is 14.1 Å². The highest BCUT2D eigenvalue weighted by atomic mass is 16.3. The van der Waals surface area contributed by atoms with Crippen molar-refractivity contribution in [3.63, 3.8) is 0 Å². The van der Waals surface area contributed by atoms with E-state index in [-0.39, 0.29) is 0 Å². The van der Waals surface area contributed by atoms with Gasteiger partial charge in [0, 0.05) is 27.4 Å². The average Bonchev–Trinajstić information content (AvgIpc) is 3.76. The Kier molecular flexibility index (Phi) is 4.96. The van der Waals surface area contributed by atoms with Gasteiger partial charge in [0.1, 0.15) is 17.0 Å². The Bertz CT molecular complexity index is 2750. The molecule has 0 N–H and O–H groups in total. The summed E-state index contributed by atoms with van der Waals surface area (Å²) in [5, 5.41) is 7.02. The molecule has 0 aliphatic carbocycles. The number of para-hydroxylation sites is 3. The molecule has 4 nitrogen and oxygen atoms in total. The van der Waals surface area contributed by atoms with Crippen LogP contribution < -0.4 is 0 Å². The maximum atomic E-state index is 6.30. The lowest BCUT2D eigenvalue weighted by molar-refractivity contribution is 0.669. The van der Waals surface area contributed by atoms with Gasteiger partial charge in [0.15, 0.2) is 0 Å². The molecule has 0 unspecified atom stereocenters. The molecule has 7 aromatic carbocycles. The maximum Gasteiger partial charge on any atom is 0.145 e. The van der Waals surface area contributed by atoms with E-state index in [9.17, 15) is 0 Å². The molecule has 3 heterocycles. The summed E-state index contributed by atoms with van der Waals surface area (Å²) in [5.74, 6) is 0.935. The molecule has 10 rings (SSSR count). The molecule has 0 aliphatic rings. The van der Waals surface area contributed by atoms with Crippen molar-refractivity contribution in [3.8, 4) is 22.8 Å². The smallest absolute Gasteiger partial charge is 0.145 e. The molecule has 210 valence electrons. The first kappa shape index (κ1) is 24.3. The van der Waals surface area contributed by atoms with Gasteiger partial charge in [0.25, 0.3) is 0 Å². The summed E-state index contributed by atoms with van der Waals surface area (Å²) in [7, 11) is 0. The van der Waals surface area contributed by atoms with Gasteiger partial charge in [0.2, 0.25) is 0 Å². The predicted octanol–water partition coefficient (Wildman–Crippen LogP) is 10.8. The van der Waals surface area contributed by atoms with Crippen LogP contribution in [0.2, 0.25) is 0 Å². The molecule has 0 saturated carbocycles. The Morgan fingerprint density at radius 2 is 1.16 bits per heavy atom. The SMILES string of the molecule is c1ccc(-c2nc3cc4cc5c6ccccc6n(-c6cccc7oc8ccccc8c67)c5cc4cc3n2-c2ccccc2)cc1. The van der Waals surface area contributed by atoms with E-state index in [1.807, 2.05) is 18.2 Å². The van der Waals surface area contributed by atoms with Crippen LogP contribution in [0.5, 0.6) is 0 Å². The molecule has 0 aliphatic heterocycles. The minimum atomic E-state index is 0.891. The minimum Gasteiger partial charge on any atom is -0.456 e. The third-order valence-electron chi connectivity index (χ3n) is 9.07. The first-order chi connectivity index (χ1) is 22.3. The molecule has 0 fully saturated rings. The van der Waals surface area contributed by atoms with Crippen LogP contribution in [0.1, 0.15) is 0 Å². The van der Waals surface area contributed by atoms with Gasteiger partial charge in [-0.15, -0.1) is 0 Å². The Balaban J connectivity index is 1.32. The molecule has 0 bridgehead atoms. The monoisotopic (exact) mass is 575 g/mol. The molecule has 10 aromatic rings. The van der Waals surface area contributed by atoms with Crippen molar-refractivity contribution in [2.45, 2.75) is 0 Å². The molecule has 45 heavy (non-hydrogen) atoms. The van der Waals surface area contributed by atoms with Gasteiger partial charge in [-0.25, -0.2) is 4.98 Å². The minimum absolute atomic E-state index is 0.891. The third kappa shape index (κ3) is 3.51. The molecular weight excluding hydrogens is 550 g/mol. The van der Waals surface area contributed by atoms with Crippen LogP contribution in [0.25, 0.3) is 88.3 Å². The van der Waals surface area contributed by atoms with Crippen LogP contribution in [0, 0.1) is 0 Å². The Labute approximate surface area is 258 Å². The zero-order valence-electron chi connectivity index (χ0n) is 24.2. The van der Waals surface area contributed by atoms with Gasteiger partial charge < -0.3 is 8.98 Å². The van der Waals surface area contributed by atoms with Gasteiger partial charge in [-0.05, 0) is 71.4 Å². The number of imidazole rings is 1. The second-order valence-corrected chi connectivity index (χ2v) is 11.6. The highest BCUT2D eigenvalue weighted by Gasteiger charge is 2.20. The van der Waals surface area contributed by atoms with Crippen LogP contribution in [0.15, 0.2) is 156 Å². The third-order valence-corrected chi connectivity index (χ3v) is 9.07. The maximum absolute atomic E-state index is 6.30. The standard InChI is InChI=1S/C41H25N3O/c1-3-12-26(13-4-1)41-42-33-23-27-22-32-30-16-7-9-18-34(30)44(35-19-11-21-39-40(35)31-17-8-10-20-38(31)45-39)36(32)24-28(27)25-37(33)43(41)29-14-5-2-6-15-29/h1-25H. The van der Waals surface area contributed by atoms with Gasteiger partial charge in [0.05, 0.1) is 33.1 Å². The van der Waals surface area contributed by atoms with Crippen molar-refractivity contribution in [2.24, 2.45) is 0 Å². The fraction of sp³-hybridized carbons (Fsp3) is 0. The first-order valence-corrected chi connectivity index (χ1v) is 15.2. The number of furan rings is 1. The van der Waals surface area contributed by atoms with Gasteiger partial charge in [-0.2, -0.15) is 0 Å². The van der Waals surface area contributed by atoms with Crippen molar-refractivity contribution in [1.29, 1.82) is 0 Å². The van der Waals surface area contributed by atoms with Gasteiger partial charge >= 0.3 is 0 Å². The second-order valence-electron chi connectivity index (χ2n) is 11.6. The predicted molar refractivity (Wildman–Crippen MR) is 186 cm³/mol. The highest BCUT2D eigenvalue weighted by molar-refractivity contribution is 6.17. The van der Waals surface area contributed by atoms with Crippen LogP contribution in [0.3, 0.4) is 0 Å². The van der Waals surface area contributed by atoms with Crippen LogP contribution in [-0.4, -0.2) is 14.1 Å². The van der Waals surface area contributed by atoms with Crippen LogP contribution in [-0.2, 0) is 0 Å². The summed E-state index contributed by atoms with van der Waals surface area (Å²) >= 11 is 0. The molecule has 0 amide bonds. The number of aromatic nitrogens is 3. The number of hydrogen-bond donors (Lipinski definition) is 0. The van der Waals surface area contributed by atoms with Crippen molar-refractivity contribution in [2.75, 3.05) is 0 Å². The van der Waals surface area contributed by atoms with E-state index in [1.165, 1.54) is 27.1 Å². The lowest BCUT2D eigenvalue weighted by Crippen LogP contribution is -1.97. The fourth-order valence-electron chi connectivity index (χ4n) is 7.11. The van der Waals surface area contributed by atoms with E-state index in [0.717, 1.165) is 61.3 Å². The van der Waals surface area contributed by atoms with Crippen molar-refractivity contribution in [3.05, 3.63) is 152 Å². The molecular formula is C41H25N3O. The summed E-state index contributed by atoms with van der Waals surface area (Å²) in [6.07, 6.45) is 0. The molecule has 0 saturated heterocycles. The summed E-state index contributed by atoms with van der Waals surface area (Å²) in [6.45, 7) is 0. The highest BCUT2D eigenvalue weighted by Crippen LogP contribution is 2.40. The van der Waals surface area contributed by atoms with E-state index in [1.54, 1.807) is 0 Å². The normalized spacial score (nSPS) is 12.0. The second kappa shape index (κ2) is 9.18. The summed E-state index contributed by atoms with van der Waals surface area (Å²) in [4.78, 5) is 5.21. The largest absolute Gasteiger partial charge is 0.456 e. The number of fused-ring (bicyclic) bond motifs is 8. The lowest BCUT2D eigenvalue weighted by Gasteiger charge is -2.11.